The number of nitrogens with zero attached hydrogens (tertiary/aromatic N) is 1. The van der Waals surface area contributed by atoms with Gasteiger partial charge in [0, 0.05) is 31.9 Å². The number of fused-ring (bicyclic) bond motifs is 12. The van der Waals surface area contributed by atoms with Gasteiger partial charge in [-0.15, -0.1) is 11.3 Å². The first kappa shape index (κ1) is 20.4. The van der Waals surface area contributed by atoms with Gasteiger partial charge in [-0.05, 0) is 68.7 Å². The van der Waals surface area contributed by atoms with Crippen LogP contribution in [0.5, 0.6) is 0 Å². The molecule has 0 unspecified atom stereocenters. The Kier molecular flexibility index (Phi) is 3.99. The Hall–Kier alpha value is -4.66. The lowest BCUT2D eigenvalue weighted by Gasteiger charge is -2.12. The normalized spacial score (nSPS) is 12.2. The molecule has 0 atom stereocenters. The molecular formula is C36H21NS. The monoisotopic (exact) mass is 499 g/mol. The van der Waals surface area contributed by atoms with Gasteiger partial charge in [-0.3, -0.25) is 0 Å². The molecule has 1 nitrogen and oxygen atoms in total. The zero-order chi connectivity index (χ0) is 24.8. The molecule has 9 aromatic rings. The number of benzene rings is 7. The van der Waals surface area contributed by atoms with Crippen LogP contribution in [0, 0.1) is 0 Å². The van der Waals surface area contributed by atoms with Gasteiger partial charge in [-0.1, -0.05) is 91.0 Å². The molecule has 2 heterocycles. The van der Waals surface area contributed by atoms with E-state index in [0.29, 0.717) is 0 Å². The molecule has 0 aliphatic carbocycles. The van der Waals surface area contributed by atoms with Gasteiger partial charge in [0.05, 0.1) is 15.7 Å². The topological polar surface area (TPSA) is 4.93 Å². The van der Waals surface area contributed by atoms with E-state index >= 15 is 0 Å². The minimum atomic E-state index is 1.20. The largest absolute Gasteiger partial charge is 0.308 e. The molecule has 0 amide bonds. The van der Waals surface area contributed by atoms with Crippen molar-refractivity contribution in [3.63, 3.8) is 0 Å². The van der Waals surface area contributed by atoms with Crippen LogP contribution in [0.2, 0.25) is 0 Å². The second kappa shape index (κ2) is 7.44. The zero-order valence-electron chi connectivity index (χ0n) is 20.5. The van der Waals surface area contributed by atoms with Crippen molar-refractivity contribution in [2.75, 3.05) is 0 Å². The number of hydrogen-bond donors (Lipinski definition) is 0. The van der Waals surface area contributed by atoms with E-state index < -0.39 is 0 Å². The highest BCUT2D eigenvalue weighted by molar-refractivity contribution is 7.27. The van der Waals surface area contributed by atoms with Gasteiger partial charge in [0.15, 0.2) is 0 Å². The fourth-order valence-corrected chi connectivity index (χ4v) is 7.72. The number of rotatable bonds is 1. The summed E-state index contributed by atoms with van der Waals surface area (Å²) in [6.07, 6.45) is 0. The minimum Gasteiger partial charge on any atom is -0.308 e. The first-order valence-electron chi connectivity index (χ1n) is 13.0. The highest BCUT2D eigenvalue weighted by Crippen LogP contribution is 2.47. The summed E-state index contributed by atoms with van der Waals surface area (Å²) in [5.41, 5.74) is 3.76. The molecule has 0 saturated heterocycles. The number of hydrogen-bond acceptors (Lipinski definition) is 1. The summed E-state index contributed by atoms with van der Waals surface area (Å²) in [5.74, 6) is 0. The fraction of sp³-hybridized carbons (Fsp3) is 0. The summed E-state index contributed by atoms with van der Waals surface area (Å²) in [4.78, 5) is 0. The molecule has 7 aromatic carbocycles. The van der Waals surface area contributed by atoms with Crippen LogP contribution in [-0.4, -0.2) is 4.57 Å². The van der Waals surface area contributed by atoms with Crippen LogP contribution in [0.25, 0.3) is 80.0 Å². The van der Waals surface area contributed by atoms with Crippen LogP contribution in [0.4, 0.5) is 0 Å². The van der Waals surface area contributed by atoms with E-state index in [1.165, 1.54) is 80.0 Å². The molecule has 38 heavy (non-hydrogen) atoms. The fourth-order valence-electron chi connectivity index (χ4n) is 6.46. The molecule has 0 saturated carbocycles. The lowest BCUT2D eigenvalue weighted by molar-refractivity contribution is 1.19. The van der Waals surface area contributed by atoms with Gasteiger partial charge in [-0.2, -0.15) is 0 Å². The van der Waals surface area contributed by atoms with Gasteiger partial charge in [0.2, 0.25) is 0 Å². The molecule has 176 valence electrons. The van der Waals surface area contributed by atoms with Crippen molar-refractivity contribution in [3.05, 3.63) is 127 Å². The molecule has 0 spiro atoms. The quantitative estimate of drug-likeness (QED) is 0.198. The number of aromatic nitrogens is 1. The Morgan fingerprint density at radius 1 is 0.447 bits per heavy atom. The summed E-state index contributed by atoms with van der Waals surface area (Å²) in [6.45, 7) is 0. The van der Waals surface area contributed by atoms with Gasteiger partial charge < -0.3 is 4.57 Å². The molecule has 0 aliphatic rings. The molecule has 2 heteroatoms. The average Bonchev–Trinajstić information content (AvgIpc) is 3.53. The van der Waals surface area contributed by atoms with Gasteiger partial charge in [0.1, 0.15) is 0 Å². The number of para-hydroxylation sites is 1. The van der Waals surface area contributed by atoms with E-state index in [0.717, 1.165) is 0 Å². The summed E-state index contributed by atoms with van der Waals surface area (Å²) in [7, 11) is 0. The maximum absolute atomic E-state index is 2.50. The third kappa shape index (κ3) is 2.65. The van der Waals surface area contributed by atoms with Crippen molar-refractivity contribution in [1.29, 1.82) is 0 Å². The summed E-state index contributed by atoms with van der Waals surface area (Å²) in [6, 6.07) is 46.9. The molecule has 0 N–H and O–H groups in total. The van der Waals surface area contributed by atoms with Crippen molar-refractivity contribution >= 4 is 85.6 Å². The van der Waals surface area contributed by atoms with Crippen LogP contribution in [-0.2, 0) is 0 Å². The van der Waals surface area contributed by atoms with E-state index in [1.807, 2.05) is 11.3 Å². The lowest BCUT2D eigenvalue weighted by Crippen LogP contribution is -1.94. The Bertz CT molecular complexity index is 2400. The van der Waals surface area contributed by atoms with E-state index in [-0.39, 0.29) is 0 Å². The summed E-state index contributed by atoms with van der Waals surface area (Å²) < 4.78 is 5.19. The predicted octanol–water partition coefficient (Wildman–Crippen LogP) is 10.6. The predicted molar refractivity (Wildman–Crippen MR) is 166 cm³/mol. The molecule has 0 bridgehead atoms. The first-order valence-corrected chi connectivity index (χ1v) is 13.8. The van der Waals surface area contributed by atoms with Crippen LogP contribution in [0.1, 0.15) is 0 Å². The van der Waals surface area contributed by atoms with Gasteiger partial charge in [0.25, 0.3) is 0 Å². The number of thiophene rings is 1. The van der Waals surface area contributed by atoms with E-state index in [2.05, 4.69) is 132 Å². The summed E-state index contributed by atoms with van der Waals surface area (Å²) in [5, 5.41) is 13.1. The van der Waals surface area contributed by atoms with E-state index in [1.54, 1.807) is 0 Å². The standard InChI is InChI=1S/C36H21NS/c1-2-10-23-20-25-21-26(18-17-24(25)19-22(23)9-1)37-31-15-7-5-13-29(31)33-27-11-3-4-12-28(27)34-30-14-6-8-16-32(30)38-36(34)35(33)37/h1-21H. The molecule has 0 fully saturated rings. The van der Waals surface area contributed by atoms with Crippen LogP contribution < -0.4 is 0 Å². The second-order valence-electron chi connectivity index (χ2n) is 10.2. The SMILES string of the molecule is c1ccc2cc3cc(-n4c5ccccc5c5c6ccccc6c6c7ccccc7sc6c54)ccc3cc2c1. The highest BCUT2D eigenvalue weighted by atomic mass is 32.1. The minimum absolute atomic E-state index is 1.20. The van der Waals surface area contributed by atoms with E-state index in [4.69, 9.17) is 0 Å². The molecule has 0 aliphatic heterocycles. The molecule has 9 rings (SSSR count). The van der Waals surface area contributed by atoms with Crippen LogP contribution in [0.15, 0.2) is 127 Å². The van der Waals surface area contributed by atoms with Crippen molar-refractivity contribution in [1.82, 2.24) is 4.57 Å². The summed E-state index contributed by atoms with van der Waals surface area (Å²) >= 11 is 1.91. The second-order valence-corrected chi connectivity index (χ2v) is 11.2. The van der Waals surface area contributed by atoms with Crippen molar-refractivity contribution in [2.24, 2.45) is 0 Å². The maximum Gasteiger partial charge on any atom is 0.0726 e. The van der Waals surface area contributed by atoms with Crippen LogP contribution in [0.3, 0.4) is 0 Å². The molecular weight excluding hydrogens is 478 g/mol. The average molecular weight is 500 g/mol. The third-order valence-electron chi connectivity index (χ3n) is 8.10. The first-order chi connectivity index (χ1) is 18.8. The third-order valence-corrected chi connectivity index (χ3v) is 9.28. The maximum atomic E-state index is 2.50. The molecule has 2 aromatic heterocycles. The highest BCUT2D eigenvalue weighted by Gasteiger charge is 2.21. The van der Waals surface area contributed by atoms with Crippen molar-refractivity contribution < 1.29 is 0 Å². The Morgan fingerprint density at radius 2 is 1.05 bits per heavy atom. The lowest BCUT2D eigenvalue weighted by atomic mass is 9.99. The molecule has 0 radical (unpaired) electrons. The zero-order valence-corrected chi connectivity index (χ0v) is 21.3. The van der Waals surface area contributed by atoms with E-state index in [9.17, 15) is 0 Å². The van der Waals surface area contributed by atoms with Gasteiger partial charge >= 0.3 is 0 Å². The Morgan fingerprint density at radius 3 is 1.87 bits per heavy atom. The van der Waals surface area contributed by atoms with Gasteiger partial charge in [-0.25, -0.2) is 0 Å². The van der Waals surface area contributed by atoms with Crippen molar-refractivity contribution in [2.45, 2.75) is 0 Å². The Balaban J connectivity index is 1.51. The smallest absolute Gasteiger partial charge is 0.0726 e. The Labute approximate surface area is 222 Å². The van der Waals surface area contributed by atoms with Crippen molar-refractivity contribution in [3.8, 4) is 5.69 Å². The van der Waals surface area contributed by atoms with Crippen LogP contribution >= 0.6 is 11.3 Å².